The summed E-state index contributed by atoms with van der Waals surface area (Å²) >= 11 is 0. The fourth-order valence-electron chi connectivity index (χ4n) is 3.38. The van der Waals surface area contributed by atoms with Crippen LogP contribution < -0.4 is 10.2 Å². The minimum absolute atomic E-state index is 0.212. The summed E-state index contributed by atoms with van der Waals surface area (Å²) in [5.41, 5.74) is 2.99. The van der Waals surface area contributed by atoms with E-state index in [4.69, 9.17) is 4.74 Å². The zero-order valence-electron chi connectivity index (χ0n) is 14.0. The van der Waals surface area contributed by atoms with Crippen LogP contribution in [0.3, 0.4) is 0 Å². The fraction of sp³-hybridized carbons (Fsp3) is 0.556. The van der Waals surface area contributed by atoms with E-state index < -0.39 is 5.60 Å². The van der Waals surface area contributed by atoms with Crippen LogP contribution in [0.1, 0.15) is 50.7 Å². The molecule has 23 heavy (non-hydrogen) atoms. The number of benzene rings is 1. The topological polar surface area (TPSA) is 58.6 Å². The lowest BCUT2D eigenvalue weighted by Gasteiger charge is -2.38. The van der Waals surface area contributed by atoms with Gasteiger partial charge in [0.1, 0.15) is 5.60 Å². The third-order valence-electron chi connectivity index (χ3n) is 4.36. The van der Waals surface area contributed by atoms with Crippen LogP contribution in [0.2, 0.25) is 0 Å². The fourth-order valence-corrected chi connectivity index (χ4v) is 3.38. The molecule has 124 valence electrons. The van der Waals surface area contributed by atoms with Gasteiger partial charge < -0.3 is 15.0 Å². The molecule has 3 rings (SSSR count). The zero-order valence-corrected chi connectivity index (χ0v) is 14.0. The lowest BCUT2D eigenvalue weighted by atomic mass is 9.85. The number of nitrogens with one attached hydrogen (secondary N) is 1. The Balaban J connectivity index is 1.74. The van der Waals surface area contributed by atoms with Crippen molar-refractivity contribution in [3.05, 3.63) is 29.3 Å². The Hall–Kier alpha value is -2.04. The van der Waals surface area contributed by atoms with Crippen LogP contribution in [-0.4, -0.2) is 30.7 Å². The number of alkyl carbamates (subject to hydrolysis) is 1. The molecular formula is C18H24N2O3. The third-order valence-corrected chi connectivity index (χ3v) is 4.36. The predicted molar refractivity (Wildman–Crippen MR) is 88.7 cm³/mol. The monoisotopic (exact) mass is 316 g/mol. The van der Waals surface area contributed by atoms with Crippen LogP contribution in [0.5, 0.6) is 0 Å². The van der Waals surface area contributed by atoms with E-state index in [1.165, 1.54) is 5.56 Å². The van der Waals surface area contributed by atoms with Gasteiger partial charge in [-0.2, -0.15) is 0 Å². The van der Waals surface area contributed by atoms with Crippen molar-refractivity contribution in [2.45, 2.75) is 51.6 Å². The zero-order chi connectivity index (χ0) is 16.6. The highest BCUT2D eigenvalue weighted by atomic mass is 16.6. The molecule has 0 radical (unpaired) electrons. The van der Waals surface area contributed by atoms with Crippen LogP contribution >= 0.6 is 0 Å². The molecule has 1 atom stereocenters. The molecule has 5 heteroatoms. The third kappa shape index (κ3) is 3.33. The molecule has 0 spiro atoms. The molecule has 1 unspecified atom stereocenters. The summed E-state index contributed by atoms with van der Waals surface area (Å²) < 4.78 is 5.30. The number of para-hydroxylation sites is 1. The number of rotatable bonds is 2. The molecule has 1 aromatic rings. The summed E-state index contributed by atoms with van der Waals surface area (Å²) in [6, 6.07) is 6.22. The quantitative estimate of drug-likeness (QED) is 0.912. The van der Waals surface area contributed by atoms with Gasteiger partial charge in [0, 0.05) is 25.4 Å². The second-order valence-corrected chi connectivity index (χ2v) is 7.27. The first-order valence-corrected chi connectivity index (χ1v) is 8.24. The molecule has 0 fully saturated rings. The number of aryl methyl sites for hydroxylation is 1. The molecule has 0 bridgehead atoms. The Morgan fingerprint density at radius 3 is 2.87 bits per heavy atom. The highest BCUT2D eigenvalue weighted by Crippen LogP contribution is 2.40. The van der Waals surface area contributed by atoms with Crippen molar-refractivity contribution in [1.82, 2.24) is 5.32 Å². The minimum Gasteiger partial charge on any atom is -0.444 e. The van der Waals surface area contributed by atoms with E-state index in [0.29, 0.717) is 13.0 Å². The van der Waals surface area contributed by atoms with Gasteiger partial charge in [-0.25, -0.2) is 4.79 Å². The van der Waals surface area contributed by atoms with E-state index in [2.05, 4.69) is 17.4 Å². The standard InChI is InChI=1S/C18H24N2O3/c1-18(2,3)23-17(22)19-11-13-9-10-20-15(21)8-7-12-5-4-6-14(13)16(12)20/h4-6,13H,7-11H2,1-3H3,(H,19,22). The number of carbonyl (C=O) groups is 2. The molecule has 1 aromatic carbocycles. The predicted octanol–water partition coefficient (Wildman–Crippen LogP) is 2.98. The molecule has 0 aromatic heterocycles. The van der Waals surface area contributed by atoms with Crippen molar-refractivity contribution >= 4 is 17.7 Å². The van der Waals surface area contributed by atoms with Gasteiger partial charge in [-0.3, -0.25) is 4.79 Å². The molecule has 0 saturated heterocycles. The van der Waals surface area contributed by atoms with Gasteiger partial charge in [0.2, 0.25) is 5.91 Å². The Bertz CT molecular complexity index is 634. The van der Waals surface area contributed by atoms with E-state index in [-0.39, 0.29) is 17.9 Å². The first-order chi connectivity index (χ1) is 10.8. The van der Waals surface area contributed by atoms with E-state index in [0.717, 1.165) is 30.6 Å². The van der Waals surface area contributed by atoms with Gasteiger partial charge in [-0.05, 0) is 44.7 Å². The Kier molecular flexibility index (Phi) is 4.04. The molecule has 2 aliphatic rings. The van der Waals surface area contributed by atoms with Crippen LogP contribution in [-0.2, 0) is 16.0 Å². The molecule has 5 nitrogen and oxygen atoms in total. The number of carbonyl (C=O) groups excluding carboxylic acids is 2. The molecule has 2 heterocycles. The lowest BCUT2D eigenvalue weighted by molar-refractivity contribution is -0.119. The molecule has 2 amide bonds. The van der Waals surface area contributed by atoms with E-state index >= 15 is 0 Å². The highest BCUT2D eigenvalue weighted by molar-refractivity contribution is 5.98. The normalized spacial score (nSPS) is 20.0. The molecule has 0 saturated carbocycles. The maximum Gasteiger partial charge on any atom is 0.407 e. The van der Waals surface area contributed by atoms with Crippen molar-refractivity contribution in [2.75, 3.05) is 18.0 Å². The summed E-state index contributed by atoms with van der Waals surface area (Å²) in [5.74, 6) is 0.433. The van der Waals surface area contributed by atoms with Crippen LogP contribution in [0.25, 0.3) is 0 Å². The molecular weight excluding hydrogens is 292 g/mol. The van der Waals surface area contributed by atoms with E-state index in [9.17, 15) is 9.59 Å². The number of anilines is 1. The van der Waals surface area contributed by atoms with Gasteiger partial charge >= 0.3 is 6.09 Å². The van der Waals surface area contributed by atoms with Gasteiger partial charge in [0.25, 0.3) is 0 Å². The maximum absolute atomic E-state index is 12.1. The second kappa shape index (κ2) is 5.87. The van der Waals surface area contributed by atoms with Crippen molar-refractivity contribution < 1.29 is 14.3 Å². The summed E-state index contributed by atoms with van der Waals surface area (Å²) in [5, 5.41) is 2.87. The number of ether oxygens (including phenoxy) is 1. The SMILES string of the molecule is CC(C)(C)OC(=O)NCC1CCN2C(=O)CCc3cccc1c32. The van der Waals surface area contributed by atoms with E-state index in [1.54, 1.807) is 0 Å². The first-order valence-electron chi connectivity index (χ1n) is 8.24. The lowest BCUT2D eigenvalue weighted by Crippen LogP contribution is -2.42. The maximum atomic E-state index is 12.1. The summed E-state index contributed by atoms with van der Waals surface area (Å²) in [6.45, 7) is 6.82. The largest absolute Gasteiger partial charge is 0.444 e. The van der Waals surface area contributed by atoms with Gasteiger partial charge in [0.05, 0.1) is 5.69 Å². The van der Waals surface area contributed by atoms with Crippen molar-refractivity contribution in [3.63, 3.8) is 0 Å². The van der Waals surface area contributed by atoms with Crippen LogP contribution in [0.15, 0.2) is 18.2 Å². The number of nitrogens with zero attached hydrogens (tertiary/aromatic N) is 1. The van der Waals surface area contributed by atoms with Gasteiger partial charge in [0.15, 0.2) is 0 Å². The van der Waals surface area contributed by atoms with Gasteiger partial charge in [-0.1, -0.05) is 18.2 Å². The molecule has 0 aliphatic carbocycles. The summed E-state index contributed by atoms with van der Waals surface area (Å²) in [6.07, 6.45) is 1.88. The Morgan fingerprint density at radius 1 is 1.35 bits per heavy atom. The number of hydrogen-bond donors (Lipinski definition) is 1. The van der Waals surface area contributed by atoms with Gasteiger partial charge in [-0.15, -0.1) is 0 Å². The average molecular weight is 316 g/mol. The minimum atomic E-state index is -0.494. The van der Waals surface area contributed by atoms with Crippen molar-refractivity contribution in [1.29, 1.82) is 0 Å². The summed E-state index contributed by atoms with van der Waals surface area (Å²) in [7, 11) is 0. The summed E-state index contributed by atoms with van der Waals surface area (Å²) in [4.78, 5) is 25.9. The van der Waals surface area contributed by atoms with Crippen molar-refractivity contribution in [3.8, 4) is 0 Å². The number of hydrogen-bond acceptors (Lipinski definition) is 3. The smallest absolute Gasteiger partial charge is 0.407 e. The van der Waals surface area contributed by atoms with Crippen molar-refractivity contribution in [2.24, 2.45) is 0 Å². The molecule has 2 aliphatic heterocycles. The van der Waals surface area contributed by atoms with Crippen LogP contribution in [0.4, 0.5) is 10.5 Å². The highest BCUT2D eigenvalue weighted by Gasteiger charge is 2.33. The Labute approximate surface area is 137 Å². The van der Waals surface area contributed by atoms with E-state index in [1.807, 2.05) is 31.7 Å². The van der Waals surface area contributed by atoms with Crippen LogP contribution in [0, 0.1) is 0 Å². The average Bonchev–Trinajstić information content (AvgIpc) is 2.48. The number of amides is 2. The molecule has 1 N–H and O–H groups in total. The first kappa shape index (κ1) is 15.8. The Morgan fingerprint density at radius 2 is 2.13 bits per heavy atom. The second-order valence-electron chi connectivity index (χ2n) is 7.27.